The molecule has 1 aromatic carbocycles. The van der Waals surface area contributed by atoms with E-state index in [9.17, 15) is 9.59 Å². The van der Waals surface area contributed by atoms with E-state index in [0.29, 0.717) is 38.7 Å². The zero-order chi connectivity index (χ0) is 20.1. The highest BCUT2D eigenvalue weighted by Gasteiger charge is 2.40. The smallest absolute Gasteiger partial charge is 0.460 e. The van der Waals surface area contributed by atoms with Crippen molar-refractivity contribution in [1.29, 1.82) is 0 Å². The van der Waals surface area contributed by atoms with Gasteiger partial charge in [-0.15, -0.1) is 0 Å². The lowest BCUT2D eigenvalue weighted by Gasteiger charge is -2.28. The van der Waals surface area contributed by atoms with E-state index < -0.39 is 20.7 Å². The molecule has 0 spiro atoms. The van der Waals surface area contributed by atoms with Crippen LogP contribution in [0.1, 0.15) is 46.1 Å². The highest BCUT2D eigenvalue weighted by Crippen LogP contribution is 2.22. The van der Waals surface area contributed by atoms with Crippen molar-refractivity contribution >= 4 is 20.6 Å². The highest BCUT2D eigenvalue weighted by atomic mass is 28.4. The molecule has 0 fully saturated rings. The molecule has 6 nitrogen and oxygen atoms in total. The van der Waals surface area contributed by atoms with Crippen molar-refractivity contribution in [3.63, 3.8) is 0 Å². The van der Waals surface area contributed by atoms with E-state index in [2.05, 4.69) is 0 Å². The van der Waals surface area contributed by atoms with Crippen LogP contribution in [0.3, 0.4) is 0 Å². The summed E-state index contributed by atoms with van der Waals surface area (Å²) in [4.78, 5) is 24.3. The minimum absolute atomic E-state index is 0.166. The monoisotopic (exact) mass is 396 g/mol. The Bertz CT molecular complexity index is 546. The maximum absolute atomic E-state index is 12.4. The van der Waals surface area contributed by atoms with Crippen LogP contribution in [-0.4, -0.2) is 40.4 Å². The number of Topliss-reactive ketones (excluding diaryl/α,β-unsaturated/α-hetero) is 1. The summed E-state index contributed by atoms with van der Waals surface area (Å²) in [6.45, 7) is 8.80. The molecule has 0 aromatic heterocycles. The number of ketones is 1. The van der Waals surface area contributed by atoms with Crippen molar-refractivity contribution in [3.05, 3.63) is 35.9 Å². The number of hydrogen-bond donors (Lipinski definition) is 0. The van der Waals surface area contributed by atoms with Crippen LogP contribution in [0.4, 0.5) is 0 Å². The minimum Gasteiger partial charge on any atom is -0.460 e. The largest absolute Gasteiger partial charge is 0.500 e. The van der Waals surface area contributed by atoms with Gasteiger partial charge >= 0.3 is 14.8 Å². The van der Waals surface area contributed by atoms with Crippen LogP contribution in [0.2, 0.25) is 6.04 Å². The van der Waals surface area contributed by atoms with Gasteiger partial charge in [-0.25, -0.2) is 0 Å². The molecule has 1 rings (SSSR count). The minimum atomic E-state index is -2.77. The Hall–Kier alpha value is -1.54. The normalized spacial score (nSPS) is 12.6. The van der Waals surface area contributed by atoms with Crippen molar-refractivity contribution in [2.75, 3.05) is 19.8 Å². The van der Waals surface area contributed by atoms with Crippen molar-refractivity contribution in [2.45, 2.75) is 53.2 Å². The molecule has 0 aliphatic rings. The lowest BCUT2D eigenvalue weighted by molar-refractivity contribution is -0.153. The quantitative estimate of drug-likeness (QED) is 0.271. The van der Waals surface area contributed by atoms with Gasteiger partial charge in [-0.05, 0) is 46.1 Å². The fourth-order valence-corrected chi connectivity index (χ4v) is 5.48. The molecule has 1 aromatic rings. The molecule has 0 N–H and O–H groups in total. The molecule has 27 heavy (non-hydrogen) atoms. The number of carbonyl (C=O) groups excluding carboxylic acids is 2. The molecule has 0 amide bonds. The van der Waals surface area contributed by atoms with Gasteiger partial charge in [0, 0.05) is 25.9 Å². The molecule has 0 saturated carbocycles. The van der Waals surface area contributed by atoms with E-state index in [4.69, 9.17) is 18.0 Å². The summed E-state index contributed by atoms with van der Waals surface area (Å²) in [6.07, 6.45) is 0.988. The lowest BCUT2D eigenvalue weighted by atomic mass is 10.00. The number of benzene rings is 1. The standard InChI is InChI=1S/C20H32O6Si/c1-5-24-27(25-6-2,26-7-3)15-11-14-19(17(4)21)20(22)23-16-18-12-9-8-10-13-18/h8-10,12-13,19H,5-7,11,14-16H2,1-4H3. The molecule has 1 atom stereocenters. The summed E-state index contributed by atoms with van der Waals surface area (Å²) >= 11 is 0. The molecular formula is C20H32O6Si. The third kappa shape index (κ3) is 8.34. The first kappa shape index (κ1) is 23.5. The van der Waals surface area contributed by atoms with Crippen LogP contribution in [0, 0.1) is 5.92 Å². The topological polar surface area (TPSA) is 71.1 Å². The average molecular weight is 397 g/mol. The van der Waals surface area contributed by atoms with E-state index in [-0.39, 0.29) is 12.4 Å². The van der Waals surface area contributed by atoms with Crippen LogP contribution < -0.4 is 0 Å². The van der Waals surface area contributed by atoms with Gasteiger partial charge in [0.2, 0.25) is 0 Å². The average Bonchev–Trinajstić information content (AvgIpc) is 2.64. The Kier molecular flexibility index (Phi) is 11.1. The van der Waals surface area contributed by atoms with Crippen molar-refractivity contribution < 1.29 is 27.6 Å². The lowest BCUT2D eigenvalue weighted by Crippen LogP contribution is -2.46. The maximum atomic E-state index is 12.4. The van der Waals surface area contributed by atoms with Gasteiger partial charge in [-0.2, -0.15) is 0 Å². The van der Waals surface area contributed by atoms with Crippen LogP contribution in [0.5, 0.6) is 0 Å². The highest BCUT2D eigenvalue weighted by molar-refractivity contribution is 6.60. The number of ether oxygens (including phenoxy) is 1. The van der Waals surface area contributed by atoms with Gasteiger partial charge in [-0.1, -0.05) is 30.3 Å². The third-order valence-electron chi connectivity index (χ3n) is 4.07. The second kappa shape index (κ2) is 12.8. The number of hydrogen-bond acceptors (Lipinski definition) is 6. The molecule has 1 unspecified atom stereocenters. The first-order valence-corrected chi connectivity index (χ1v) is 11.5. The van der Waals surface area contributed by atoms with Gasteiger partial charge in [0.1, 0.15) is 18.3 Å². The summed E-state index contributed by atoms with van der Waals surface area (Å²) in [5, 5.41) is 0. The van der Waals surface area contributed by atoms with Crippen LogP contribution in [-0.2, 0) is 34.2 Å². The second-order valence-electron chi connectivity index (χ2n) is 6.13. The number of esters is 1. The number of rotatable bonds is 14. The predicted octanol–water partition coefficient (Wildman–Crippen LogP) is 3.76. The van der Waals surface area contributed by atoms with Crippen molar-refractivity contribution in [3.8, 4) is 0 Å². The van der Waals surface area contributed by atoms with Crippen molar-refractivity contribution in [1.82, 2.24) is 0 Å². The molecule has 0 bridgehead atoms. The van der Waals surface area contributed by atoms with Gasteiger partial charge in [0.05, 0.1) is 0 Å². The van der Waals surface area contributed by atoms with Crippen molar-refractivity contribution in [2.24, 2.45) is 5.92 Å². The molecule has 0 aliphatic carbocycles. The summed E-state index contributed by atoms with van der Waals surface area (Å²) in [6, 6.07) is 9.98. The van der Waals surface area contributed by atoms with Gasteiger partial charge < -0.3 is 18.0 Å². The molecule has 7 heteroatoms. The Morgan fingerprint density at radius 1 is 0.963 bits per heavy atom. The predicted molar refractivity (Wildman–Crippen MR) is 105 cm³/mol. The summed E-state index contributed by atoms with van der Waals surface area (Å²) < 4.78 is 22.8. The zero-order valence-corrected chi connectivity index (χ0v) is 17.9. The third-order valence-corrected chi connectivity index (χ3v) is 7.22. The molecule has 0 saturated heterocycles. The van der Waals surface area contributed by atoms with E-state index in [1.807, 2.05) is 51.1 Å². The van der Waals surface area contributed by atoms with E-state index in [1.165, 1.54) is 6.92 Å². The van der Waals surface area contributed by atoms with E-state index >= 15 is 0 Å². The summed E-state index contributed by atoms with van der Waals surface area (Å²) in [7, 11) is -2.77. The Labute approximate surface area is 163 Å². The molecule has 0 radical (unpaired) electrons. The van der Waals surface area contributed by atoms with Crippen LogP contribution in [0.25, 0.3) is 0 Å². The van der Waals surface area contributed by atoms with Crippen LogP contribution >= 0.6 is 0 Å². The molecule has 0 heterocycles. The summed E-state index contributed by atoms with van der Waals surface area (Å²) in [5.41, 5.74) is 0.892. The van der Waals surface area contributed by atoms with E-state index in [0.717, 1.165) is 5.56 Å². The number of carbonyl (C=O) groups is 2. The summed E-state index contributed by atoms with van der Waals surface area (Å²) in [5.74, 6) is -1.45. The van der Waals surface area contributed by atoms with E-state index in [1.54, 1.807) is 0 Å². The fraction of sp³-hybridized carbons (Fsp3) is 0.600. The molecule has 0 aliphatic heterocycles. The SMILES string of the molecule is CCO[Si](CCCC(C(C)=O)C(=O)OCc1ccccc1)(OCC)OCC. The van der Waals surface area contributed by atoms with Gasteiger partial charge in [0.25, 0.3) is 0 Å². The first-order chi connectivity index (χ1) is 13.0. The van der Waals surface area contributed by atoms with Gasteiger partial charge in [-0.3, -0.25) is 9.59 Å². The molecule has 152 valence electrons. The Balaban J connectivity index is 2.62. The Morgan fingerprint density at radius 3 is 2.00 bits per heavy atom. The van der Waals surface area contributed by atoms with Crippen LogP contribution in [0.15, 0.2) is 30.3 Å². The fourth-order valence-electron chi connectivity index (χ4n) is 2.84. The second-order valence-corrected chi connectivity index (χ2v) is 8.86. The maximum Gasteiger partial charge on any atom is 0.500 e. The first-order valence-electron chi connectivity index (χ1n) is 9.60. The van der Waals surface area contributed by atoms with Gasteiger partial charge in [0.15, 0.2) is 0 Å². The Morgan fingerprint density at radius 2 is 1.52 bits per heavy atom. The molecular weight excluding hydrogens is 364 g/mol. The zero-order valence-electron chi connectivity index (χ0n) is 16.9.